The molecule has 0 aromatic rings. The molecule has 0 amide bonds. The van der Waals surface area contributed by atoms with E-state index in [0.29, 0.717) is 19.3 Å². The van der Waals surface area contributed by atoms with E-state index in [2.05, 4.69) is 25.2 Å². The Morgan fingerprint density at radius 3 is 2.02 bits per heavy atom. The molecule has 0 aliphatic carbocycles. The Balaban J connectivity index is 0.000000320. The molecule has 252 valence electrons. The molecule has 0 aromatic carbocycles. The second-order valence-electron chi connectivity index (χ2n) is 11.5. The summed E-state index contributed by atoms with van der Waals surface area (Å²) in [6.07, 6.45) is 12.1. The Hall–Kier alpha value is -1.22. The Kier molecular flexibility index (Phi) is 19.9. The number of hydrogen-bond donors (Lipinski definition) is 1. The number of carbonyl (C=O) groups excluding carboxylic acids is 1. The van der Waals surface area contributed by atoms with Crippen LogP contribution in [0.4, 0.5) is 12.9 Å². The largest absolute Gasteiger partial charge is 0.762 e. The zero-order valence-corrected chi connectivity index (χ0v) is 26.8. The highest BCUT2D eigenvalue weighted by Crippen LogP contribution is 2.38. The summed E-state index contributed by atoms with van der Waals surface area (Å²) in [4.78, 5) is 10.1. The number of ether oxygens (including phenoxy) is 7. The fourth-order valence-corrected chi connectivity index (χ4v) is 5.08. The van der Waals surface area contributed by atoms with Crippen molar-refractivity contribution in [2.45, 2.75) is 161 Å². The van der Waals surface area contributed by atoms with Crippen molar-refractivity contribution in [3.8, 4) is 0 Å². The summed E-state index contributed by atoms with van der Waals surface area (Å²) in [5.41, 5.74) is 0. The van der Waals surface area contributed by atoms with Crippen LogP contribution < -0.4 is 0 Å². The summed E-state index contributed by atoms with van der Waals surface area (Å²) in [7, 11) is -3.67. The van der Waals surface area contributed by atoms with Crippen LogP contribution >= 0.6 is 0 Å². The minimum absolute atomic E-state index is 0.0235. The van der Waals surface area contributed by atoms with Crippen LogP contribution in [0.5, 0.6) is 0 Å². The minimum atomic E-state index is -3.67. The van der Waals surface area contributed by atoms with Gasteiger partial charge in [-0.15, -0.1) is 0 Å². The first kappa shape index (κ1) is 39.8. The van der Waals surface area contributed by atoms with E-state index < -0.39 is 13.3 Å². The number of esters is 1. The first-order valence-corrected chi connectivity index (χ1v) is 15.6. The standard InChI is InChI=1S/C13H24O4.C11H20O3.C6H10O2.BF3/c1-2-3-4-10-9-11(14)12(17-10)5-6-13-15-7-8-16-13;1-4-5-6-8-7-9-10(12-8)14-11(2,3)13-9;1-4-5(2)8-6(3)7;2-1(3)4/h10-14H,2-9H2,1H3;8-10H,4-7H2,1-3H3;4-5H,1H2,2-3H3;/t10-,11+,12-;8-,9+,10+;;/m00../s1. The van der Waals surface area contributed by atoms with E-state index in [4.69, 9.17) is 28.4 Å². The number of hydrogen-bond acceptors (Lipinski definition) is 9. The van der Waals surface area contributed by atoms with Gasteiger partial charge in [0.15, 0.2) is 18.4 Å². The highest BCUT2D eigenvalue weighted by molar-refractivity contribution is 6.33. The maximum absolute atomic E-state index is 10.1. The summed E-state index contributed by atoms with van der Waals surface area (Å²) >= 11 is 0. The number of aliphatic hydroxyl groups excluding tert-OH is 1. The van der Waals surface area contributed by atoms with Gasteiger partial charge < -0.3 is 38.3 Å². The van der Waals surface area contributed by atoms with Gasteiger partial charge in [-0.05, 0) is 40.0 Å². The van der Waals surface area contributed by atoms with Crippen LogP contribution in [-0.4, -0.2) is 86.8 Å². The Morgan fingerprint density at radius 1 is 1.00 bits per heavy atom. The van der Waals surface area contributed by atoms with Gasteiger partial charge in [-0.3, -0.25) is 17.7 Å². The number of halogens is 3. The summed E-state index contributed by atoms with van der Waals surface area (Å²) < 4.78 is 67.4. The molecule has 0 aromatic heterocycles. The molecule has 1 N–H and O–H groups in total. The third-order valence-corrected chi connectivity index (χ3v) is 7.08. The summed E-state index contributed by atoms with van der Waals surface area (Å²) in [6, 6.07) is 0. The van der Waals surface area contributed by atoms with Gasteiger partial charge in [-0.2, -0.15) is 0 Å². The third kappa shape index (κ3) is 17.8. The molecule has 0 saturated carbocycles. The third-order valence-electron chi connectivity index (χ3n) is 7.08. The molecule has 4 aliphatic rings. The monoisotopic (exact) mass is 626 g/mol. The fourth-order valence-electron chi connectivity index (χ4n) is 5.08. The second kappa shape index (κ2) is 21.5. The Morgan fingerprint density at radius 2 is 1.56 bits per heavy atom. The van der Waals surface area contributed by atoms with Gasteiger partial charge in [0, 0.05) is 26.2 Å². The second-order valence-corrected chi connectivity index (χ2v) is 11.5. The smallest absolute Gasteiger partial charge is 0.459 e. The first-order valence-electron chi connectivity index (χ1n) is 15.6. The van der Waals surface area contributed by atoms with E-state index in [1.165, 1.54) is 32.6 Å². The average molecular weight is 627 g/mol. The SMILES string of the molecule is C=CC(C)OC(C)=O.CCCC[C@H]1C[C@@H](O)[C@H](CCC2OCCO2)O1.CCCC[C@H]1C[C@H]2OC(C)(C)O[C@H]2O1.FB(F)F. The van der Waals surface area contributed by atoms with Crippen molar-refractivity contribution in [2.75, 3.05) is 13.2 Å². The molecule has 0 spiro atoms. The van der Waals surface area contributed by atoms with Crippen LogP contribution in [-0.2, 0) is 38.0 Å². The van der Waals surface area contributed by atoms with Gasteiger partial charge in [0.25, 0.3) is 0 Å². The normalized spacial score (nSPS) is 29.6. The predicted octanol–water partition coefficient (Wildman–Crippen LogP) is 6.30. The molecule has 4 rings (SSSR count). The van der Waals surface area contributed by atoms with E-state index in [0.717, 1.165) is 38.5 Å². The van der Waals surface area contributed by atoms with E-state index in [1.54, 1.807) is 13.0 Å². The molecule has 0 bridgehead atoms. The van der Waals surface area contributed by atoms with Gasteiger partial charge in [0.05, 0.1) is 37.6 Å². The molecule has 7 atom stereocenters. The lowest BCUT2D eigenvalue weighted by Crippen LogP contribution is -2.24. The Labute approximate surface area is 256 Å². The number of fused-ring (bicyclic) bond motifs is 1. The van der Waals surface area contributed by atoms with Crippen LogP contribution in [0, 0.1) is 0 Å². The highest BCUT2D eigenvalue weighted by Gasteiger charge is 2.48. The summed E-state index contributed by atoms with van der Waals surface area (Å²) in [6.45, 7) is 16.2. The molecule has 43 heavy (non-hydrogen) atoms. The lowest BCUT2D eigenvalue weighted by molar-refractivity contribution is -0.205. The number of carbonyl (C=O) groups is 1. The molecule has 4 saturated heterocycles. The number of unbranched alkanes of at least 4 members (excludes halogenated alkanes) is 2. The zero-order valence-electron chi connectivity index (χ0n) is 26.8. The van der Waals surface area contributed by atoms with Gasteiger partial charge in [-0.25, -0.2) is 0 Å². The first-order chi connectivity index (χ1) is 20.3. The molecule has 4 heterocycles. The van der Waals surface area contributed by atoms with Gasteiger partial charge >= 0.3 is 13.5 Å². The van der Waals surface area contributed by atoms with Crippen molar-refractivity contribution < 1.29 is 56.0 Å². The van der Waals surface area contributed by atoms with E-state index in [-0.39, 0.29) is 49.1 Å². The Bertz CT molecular complexity index is 740. The van der Waals surface area contributed by atoms with Crippen molar-refractivity contribution in [1.82, 2.24) is 0 Å². The van der Waals surface area contributed by atoms with Crippen LogP contribution in [0.2, 0.25) is 0 Å². The molecule has 9 nitrogen and oxygen atoms in total. The maximum atomic E-state index is 10.1. The molecular formula is C30H54BF3O9. The highest BCUT2D eigenvalue weighted by atomic mass is 19.4. The molecule has 4 aliphatic heterocycles. The average Bonchev–Trinajstić information content (AvgIpc) is 3.69. The maximum Gasteiger partial charge on any atom is 0.762 e. The predicted molar refractivity (Wildman–Crippen MR) is 157 cm³/mol. The van der Waals surface area contributed by atoms with Gasteiger partial charge in [-0.1, -0.05) is 52.2 Å². The zero-order chi connectivity index (χ0) is 32.4. The van der Waals surface area contributed by atoms with E-state index >= 15 is 0 Å². The fraction of sp³-hybridized carbons (Fsp3) is 0.900. The molecule has 4 fully saturated rings. The van der Waals surface area contributed by atoms with Crippen molar-refractivity contribution in [3.63, 3.8) is 0 Å². The van der Waals surface area contributed by atoms with Crippen molar-refractivity contribution in [1.29, 1.82) is 0 Å². The van der Waals surface area contributed by atoms with E-state index in [1.807, 2.05) is 13.8 Å². The van der Waals surface area contributed by atoms with Crippen molar-refractivity contribution in [2.24, 2.45) is 0 Å². The van der Waals surface area contributed by atoms with Crippen LogP contribution in [0.3, 0.4) is 0 Å². The quantitative estimate of drug-likeness (QED) is 0.161. The molecule has 13 heteroatoms. The number of aliphatic hydroxyl groups is 1. The molecule has 0 radical (unpaired) electrons. The van der Waals surface area contributed by atoms with Gasteiger partial charge in [0.2, 0.25) is 0 Å². The summed E-state index contributed by atoms with van der Waals surface area (Å²) in [5.74, 6) is -0.720. The molecular weight excluding hydrogens is 572 g/mol. The van der Waals surface area contributed by atoms with Crippen LogP contribution in [0.25, 0.3) is 0 Å². The van der Waals surface area contributed by atoms with Crippen molar-refractivity contribution >= 4 is 13.5 Å². The van der Waals surface area contributed by atoms with Crippen molar-refractivity contribution in [3.05, 3.63) is 12.7 Å². The van der Waals surface area contributed by atoms with Gasteiger partial charge in [0.1, 0.15) is 12.2 Å². The van der Waals surface area contributed by atoms with Crippen LogP contribution in [0.15, 0.2) is 12.7 Å². The van der Waals surface area contributed by atoms with E-state index in [9.17, 15) is 22.8 Å². The minimum Gasteiger partial charge on any atom is -0.459 e. The van der Waals surface area contributed by atoms with Crippen LogP contribution in [0.1, 0.15) is 106 Å². The molecule has 1 unspecified atom stereocenters. The summed E-state index contributed by atoms with van der Waals surface area (Å²) in [5, 5.41) is 9.93. The lowest BCUT2D eigenvalue weighted by Gasteiger charge is -2.20. The lowest BCUT2D eigenvalue weighted by atomic mass is 10.0. The topological polar surface area (TPSA) is 102 Å². The number of rotatable bonds is 11.